The number of ether oxygens (including phenoxy) is 1. The van der Waals surface area contributed by atoms with Crippen molar-refractivity contribution in [2.24, 2.45) is 10.9 Å². The van der Waals surface area contributed by atoms with Crippen LogP contribution in [0, 0.1) is 5.92 Å². The average molecular weight is 378 g/mol. The molecule has 0 unspecified atom stereocenters. The minimum atomic E-state index is -1.26. The molecule has 1 aliphatic rings. The Morgan fingerprint density at radius 2 is 1.59 bits per heavy atom. The van der Waals surface area contributed by atoms with Gasteiger partial charge in [0.15, 0.2) is 0 Å². The molecule has 0 aliphatic carbocycles. The maximum atomic E-state index is 12.0. The first kappa shape index (κ1) is 18.0. The maximum Gasteiger partial charge on any atom is 0.227 e. The highest BCUT2D eigenvalue weighted by Crippen LogP contribution is 2.41. The van der Waals surface area contributed by atoms with E-state index in [0.29, 0.717) is 18.4 Å². The lowest BCUT2D eigenvalue weighted by Gasteiger charge is -2.30. The van der Waals surface area contributed by atoms with E-state index in [1.165, 1.54) is 0 Å². The lowest BCUT2D eigenvalue weighted by Crippen LogP contribution is -2.30. The maximum absolute atomic E-state index is 12.0. The number of hydrogen-bond donors (Lipinski definition) is 1. The van der Waals surface area contributed by atoms with E-state index in [0.717, 1.165) is 21.6 Å². The van der Waals surface area contributed by atoms with Crippen LogP contribution in [-0.4, -0.2) is 23.7 Å². The minimum absolute atomic E-state index is 0.163. The van der Waals surface area contributed by atoms with E-state index in [-0.39, 0.29) is 6.04 Å². The van der Waals surface area contributed by atoms with Crippen molar-refractivity contribution in [3.05, 3.63) is 93.7 Å². The molecular weight excluding hydrogens is 354 g/mol. The van der Waals surface area contributed by atoms with Gasteiger partial charge in [0.1, 0.15) is 12.2 Å². The first-order valence-electron chi connectivity index (χ1n) is 9.23. The Labute approximate surface area is 164 Å². The van der Waals surface area contributed by atoms with E-state index in [1.807, 2.05) is 72.1 Å². The zero-order valence-corrected chi connectivity index (χ0v) is 16.3. The van der Waals surface area contributed by atoms with Crippen molar-refractivity contribution in [2.45, 2.75) is 25.5 Å². The van der Waals surface area contributed by atoms with Crippen LogP contribution in [0.5, 0.6) is 0 Å². The van der Waals surface area contributed by atoms with Gasteiger partial charge in [-0.3, -0.25) is 0 Å². The number of aliphatic hydroxyl groups is 1. The Hall–Kier alpha value is -2.43. The highest BCUT2D eigenvalue weighted by atomic mass is 32.1. The Morgan fingerprint density at radius 3 is 2.11 bits per heavy atom. The minimum Gasteiger partial charge on any atom is -0.475 e. The van der Waals surface area contributed by atoms with Gasteiger partial charge in [-0.2, -0.15) is 0 Å². The summed E-state index contributed by atoms with van der Waals surface area (Å²) in [7, 11) is 0. The van der Waals surface area contributed by atoms with Gasteiger partial charge in [0.25, 0.3) is 0 Å². The Bertz CT molecular complexity index is 892. The highest BCUT2D eigenvalue weighted by Gasteiger charge is 2.38. The summed E-state index contributed by atoms with van der Waals surface area (Å²) in [4.78, 5) is 5.68. The standard InChI is InChI=1S/C23H23NO2S/c1-16(2)20-15-26-22(24-20)21-19(13-14-27-21)23(25,17-9-5-3-6-10-17)18-11-7-4-8-12-18/h3-14,16,20,25H,15H2,1-2H3/t20-/m1/s1. The molecule has 0 fully saturated rings. The summed E-state index contributed by atoms with van der Waals surface area (Å²) in [5.74, 6) is 1.07. The number of thiophene rings is 1. The fourth-order valence-corrected chi connectivity index (χ4v) is 4.35. The molecule has 2 heterocycles. The number of rotatable bonds is 5. The third-order valence-electron chi connectivity index (χ3n) is 5.08. The predicted molar refractivity (Wildman–Crippen MR) is 110 cm³/mol. The fourth-order valence-electron chi connectivity index (χ4n) is 3.45. The van der Waals surface area contributed by atoms with E-state index < -0.39 is 5.60 Å². The van der Waals surface area contributed by atoms with Gasteiger partial charge in [-0.25, -0.2) is 4.99 Å². The number of aliphatic imine (C=N–C) groups is 1. The van der Waals surface area contributed by atoms with Crippen LogP contribution in [0.15, 0.2) is 77.1 Å². The van der Waals surface area contributed by atoms with Crippen molar-refractivity contribution in [1.29, 1.82) is 0 Å². The number of nitrogens with zero attached hydrogens (tertiary/aromatic N) is 1. The van der Waals surface area contributed by atoms with Gasteiger partial charge in [0.05, 0.1) is 10.9 Å². The first-order valence-corrected chi connectivity index (χ1v) is 10.1. The van der Waals surface area contributed by atoms with E-state index in [1.54, 1.807) is 11.3 Å². The summed E-state index contributed by atoms with van der Waals surface area (Å²) < 4.78 is 5.93. The highest BCUT2D eigenvalue weighted by molar-refractivity contribution is 7.12. The predicted octanol–water partition coefficient (Wildman–Crippen LogP) is 4.83. The second kappa shape index (κ2) is 7.29. The third kappa shape index (κ3) is 3.20. The molecule has 0 spiro atoms. The first-order chi connectivity index (χ1) is 13.1. The topological polar surface area (TPSA) is 41.8 Å². The van der Waals surface area contributed by atoms with Gasteiger partial charge in [0, 0.05) is 5.56 Å². The molecule has 0 saturated heterocycles. The van der Waals surface area contributed by atoms with E-state index in [9.17, 15) is 5.11 Å². The molecule has 1 aromatic heterocycles. The molecule has 4 heteroatoms. The van der Waals surface area contributed by atoms with E-state index in [4.69, 9.17) is 9.73 Å². The lowest BCUT2D eigenvalue weighted by atomic mass is 9.80. The van der Waals surface area contributed by atoms with E-state index in [2.05, 4.69) is 13.8 Å². The van der Waals surface area contributed by atoms with Crippen molar-refractivity contribution < 1.29 is 9.84 Å². The molecule has 0 saturated carbocycles. The van der Waals surface area contributed by atoms with Gasteiger partial charge in [-0.1, -0.05) is 74.5 Å². The molecule has 0 radical (unpaired) electrons. The van der Waals surface area contributed by atoms with Crippen molar-refractivity contribution in [3.63, 3.8) is 0 Å². The van der Waals surface area contributed by atoms with Gasteiger partial charge >= 0.3 is 0 Å². The van der Waals surface area contributed by atoms with Crippen LogP contribution < -0.4 is 0 Å². The van der Waals surface area contributed by atoms with Crippen LogP contribution in [-0.2, 0) is 10.3 Å². The SMILES string of the molecule is CC(C)[C@H]1COC(c2sccc2C(O)(c2ccccc2)c2ccccc2)=N1. The molecule has 0 amide bonds. The summed E-state index contributed by atoms with van der Waals surface area (Å²) in [6.45, 7) is 4.90. The van der Waals surface area contributed by atoms with Crippen molar-refractivity contribution in [2.75, 3.05) is 6.61 Å². The van der Waals surface area contributed by atoms with E-state index >= 15 is 0 Å². The summed E-state index contributed by atoms with van der Waals surface area (Å²) >= 11 is 1.56. The Kier molecular flexibility index (Phi) is 4.85. The van der Waals surface area contributed by atoms with Crippen LogP contribution in [0.25, 0.3) is 0 Å². The number of hydrogen-bond acceptors (Lipinski definition) is 4. The second-order valence-corrected chi connectivity index (χ2v) is 8.08. The molecule has 1 N–H and O–H groups in total. The quantitative estimate of drug-likeness (QED) is 0.692. The van der Waals surface area contributed by atoms with Gasteiger partial charge in [0.2, 0.25) is 5.90 Å². The number of benzene rings is 2. The third-order valence-corrected chi connectivity index (χ3v) is 5.98. The summed E-state index contributed by atoms with van der Waals surface area (Å²) in [5, 5.41) is 14.0. The fraction of sp³-hybridized carbons (Fsp3) is 0.261. The zero-order valence-electron chi connectivity index (χ0n) is 15.5. The van der Waals surface area contributed by atoms with Crippen molar-refractivity contribution >= 4 is 17.2 Å². The second-order valence-electron chi connectivity index (χ2n) is 7.16. The molecule has 1 atom stereocenters. The Morgan fingerprint density at radius 1 is 1.00 bits per heavy atom. The van der Waals surface area contributed by atoms with Gasteiger partial charge in [-0.05, 0) is 28.5 Å². The molecule has 4 rings (SSSR count). The summed E-state index contributed by atoms with van der Waals surface area (Å²) in [6.07, 6.45) is 0. The molecule has 3 aromatic rings. The molecule has 2 aromatic carbocycles. The monoisotopic (exact) mass is 377 g/mol. The van der Waals surface area contributed by atoms with Crippen LogP contribution in [0.3, 0.4) is 0 Å². The molecular formula is C23H23NO2S. The molecule has 3 nitrogen and oxygen atoms in total. The zero-order chi connectivity index (χ0) is 18.9. The van der Waals surface area contributed by atoms with Crippen molar-refractivity contribution in [3.8, 4) is 0 Å². The molecule has 0 bridgehead atoms. The van der Waals surface area contributed by atoms with Crippen LogP contribution >= 0.6 is 11.3 Å². The van der Waals surface area contributed by atoms with Gasteiger partial charge < -0.3 is 9.84 Å². The van der Waals surface area contributed by atoms with Crippen LogP contribution in [0.2, 0.25) is 0 Å². The summed E-state index contributed by atoms with van der Waals surface area (Å²) in [5.41, 5.74) is 1.21. The largest absolute Gasteiger partial charge is 0.475 e. The summed E-state index contributed by atoms with van der Waals surface area (Å²) in [6, 6.07) is 21.7. The smallest absolute Gasteiger partial charge is 0.227 e. The molecule has 138 valence electrons. The van der Waals surface area contributed by atoms with Crippen molar-refractivity contribution in [1.82, 2.24) is 0 Å². The van der Waals surface area contributed by atoms with Gasteiger partial charge in [-0.15, -0.1) is 11.3 Å². The molecule has 27 heavy (non-hydrogen) atoms. The lowest BCUT2D eigenvalue weighted by molar-refractivity contribution is 0.125. The Balaban J connectivity index is 1.87. The molecule has 1 aliphatic heterocycles. The van der Waals surface area contributed by atoms with Crippen LogP contribution in [0.4, 0.5) is 0 Å². The average Bonchev–Trinajstić information content (AvgIpc) is 3.38. The van der Waals surface area contributed by atoms with Crippen LogP contribution in [0.1, 0.15) is 35.4 Å². The normalized spacial score (nSPS) is 17.0.